The summed E-state index contributed by atoms with van der Waals surface area (Å²) < 4.78 is 10.0. The molecule has 0 saturated heterocycles. The SMILES string of the molecule is CCOC(=O)c1sc(NC(=O)CSc2nc(SC)ns2)nc1-c1ccccc1. The number of nitrogens with zero attached hydrogens (tertiary/aromatic N) is 3. The standard InChI is InChI=1S/C17H16N4O3S4/c1-3-24-14(23)13-12(10-7-5-4-6-8-10)19-15(27-13)18-11(22)9-26-17-20-16(25-2)21-28-17/h4-8H,3,9H2,1-2H3,(H,18,19,22). The molecule has 1 N–H and O–H groups in total. The number of carbonyl (C=O) groups excluding carboxylic acids is 2. The molecule has 28 heavy (non-hydrogen) atoms. The molecule has 2 aromatic heterocycles. The molecule has 146 valence electrons. The predicted molar refractivity (Wildman–Crippen MR) is 115 cm³/mol. The van der Waals surface area contributed by atoms with Crippen LogP contribution in [0.2, 0.25) is 0 Å². The number of nitrogens with one attached hydrogen (secondary N) is 1. The summed E-state index contributed by atoms with van der Waals surface area (Å²) >= 11 is 5.14. The lowest BCUT2D eigenvalue weighted by Gasteiger charge is -2.01. The van der Waals surface area contributed by atoms with Gasteiger partial charge in [0.05, 0.1) is 18.1 Å². The summed E-state index contributed by atoms with van der Waals surface area (Å²) in [4.78, 5) is 33.7. The summed E-state index contributed by atoms with van der Waals surface area (Å²) in [6, 6.07) is 9.33. The number of rotatable bonds is 8. The molecule has 3 aromatic rings. The van der Waals surface area contributed by atoms with E-state index >= 15 is 0 Å². The van der Waals surface area contributed by atoms with Crippen molar-refractivity contribution in [3.63, 3.8) is 0 Å². The number of carbonyl (C=O) groups is 2. The number of hydrogen-bond acceptors (Lipinski definition) is 10. The number of esters is 1. The molecule has 0 atom stereocenters. The van der Waals surface area contributed by atoms with Gasteiger partial charge in [-0.15, -0.1) is 0 Å². The van der Waals surface area contributed by atoms with Crippen LogP contribution < -0.4 is 5.32 Å². The van der Waals surface area contributed by atoms with E-state index in [1.807, 2.05) is 36.6 Å². The molecule has 0 aliphatic carbocycles. The van der Waals surface area contributed by atoms with Crippen LogP contribution in [0.5, 0.6) is 0 Å². The summed E-state index contributed by atoms with van der Waals surface area (Å²) in [6.45, 7) is 2.01. The maximum atomic E-state index is 12.3. The Hall–Kier alpha value is -1.95. The van der Waals surface area contributed by atoms with Gasteiger partial charge < -0.3 is 10.1 Å². The normalized spacial score (nSPS) is 10.6. The molecule has 1 aromatic carbocycles. The molecule has 0 spiro atoms. The zero-order valence-electron chi connectivity index (χ0n) is 15.0. The van der Waals surface area contributed by atoms with Gasteiger partial charge in [-0.1, -0.05) is 65.2 Å². The minimum absolute atomic E-state index is 0.179. The zero-order chi connectivity index (χ0) is 19.9. The smallest absolute Gasteiger partial charge is 0.350 e. The molecule has 0 bridgehead atoms. The summed E-state index contributed by atoms with van der Waals surface area (Å²) in [5, 5.41) is 3.80. The highest BCUT2D eigenvalue weighted by molar-refractivity contribution is 8.01. The number of thiazole rings is 1. The molecule has 0 saturated carbocycles. The zero-order valence-corrected chi connectivity index (χ0v) is 18.3. The molecule has 0 radical (unpaired) electrons. The first-order valence-electron chi connectivity index (χ1n) is 8.14. The fraction of sp³-hybridized carbons (Fsp3) is 0.235. The van der Waals surface area contributed by atoms with Gasteiger partial charge in [-0.25, -0.2) is 14.8 Å². The lowest BCUT2D eigenvalue weighted by atomic mass is 10.1. The van der Waals surface area contributed by atoms with Crippen LogP contribution in [0.4, 0.5) is 5.13 Å². The number of thioether (sulfide) groups is 2. The van der Waals surface area contributed by atoms with Crippen molar-refractivity contribution in [2.45, 2.75) is 16.4 Å². The van der Waals surface area contributed by atoms with Gasteiger partial charge in [0.2, 0.25) is 11.1 Å². The van der Waals surface area contributed by atoms with Crippen molar-refractivity contribution in [1.29, 1.82) is 0 Å². The maximum absolute atomic E-state index is 12.3. The second-order valence-corrected chi connectivity index (χ2v) is 8.91. The van der Waals surface area contributed by atoms with Crippen molar-refractivity contribution in [1.82, 2.24) is 14.3 Å². The number of benzene rings is 1. The van der Waals surface area contributed by atoms with Gasteiger partial charge in [0, 0.05) is 5.56 Å². The number of aromatic nitrogens is 3. The highest BCUT2D eigenvalue weighted by Crippen LogP contribution is 2.32. The Balaban J connectivity index is 1.72. The largest absolute Gasteiger partial charge is 0.462 e. The topological polar surface area (TPSA) is 94.1 Å². The molecule has 7 nitrogen and oxygen atoms in total. The van der Waals surface area contributed by atoms with Gasteiger partial charge in [-0.3, -0.25) is 4.79 Å². The minimum Gasteiger partial charge on any atom is -0.462 e. The molecule has 0 aliphatic rings. The Kier molecular flexibility index (Phi) is 7.43. The number of amides is 1. The Morgan fingerprint density at radius 2 is 2.00 bits per heavy atom. The van der Waals surface area contributed by atoms with E-state index in [9.17, 15) is 9.59 Å². The quantitative estimate of drug-likeness (QED) is 0.400. The maximum Gasteiger partial charge on any atom is 0.350 e. The van der Waals surface area contributed by atoms with Crippen molar-refractivity contribution >= 4 is 63.4 Å². The fourth-order valence-electron chi connectivity index (χ4n) is 2.12. The predicted octanol–water partition coefficient (Wildman–Crippen LogP) is 4.29. The lowest BCUT2D eigenvalue weighted by molar-refractivity contribution is -0.113. The summed E-state index contributed by atoms with van der Waals surface area (Å²) in [7, 11) is 0. The molecular weight excluding hydrogens is 436 g/mol. The van der Waals surface area contributed by atoms with Crippen molar-refractivity contribution in [3.05, 3.63) is 35.2 Å². The van der Waals surface area contributed by atoms with Gasteiger partial charge >= 0.3 is 5.97 Å². The van der Waals surface area contributed by atoms with Crippen LogP contribution in [-0.2, 0) is 9.53 Å². The fourth-order valence-corrected chi connectivity index (χ4v) is 5.03. The van der Waals surface area contributed by atoms with E-state index in [0.717, 1.165) is 21.2 Å². The second kappa shape index (κ2) is 10.0. The van der Waals surface area contributed by atoms with Crippen molar-refractivity contribution in [2.24, 2.45) is 0 Å². The number of ether oxygens (including phenoxy) is 1. The van der Waals surface area contributed by atoms with Crippen molar-refractivity contribution in [2.75, 3.05) is 23.9 Å². The lowest BCUT2D eigenvalue weighted by Crippen LogP contribution is -2.13. The van der Waals surface area contributed by atoms with E-state index in [2.05, 4.69) is 19.7 Å². The monoisotopic (exact) mass is 452 g/mol. The first kappa shape index (κ1) is 20.8. The summed E-state index contributed by atoms with van der Waals surface area (Å²) in [5.74, 6) is -0.500. The van der Waals surface area contributed by atoms with Gasteiger partial charge in [-0.05, 0) is 24.7 Å². The highest BCUT2D eigenvalue weighted by atomic mass is 32.2. The van der Waals surface area contributed by atoms with Crippen LogP contribution in [0.15, 0.2) is 39.8 Å². The molecule has 11 heteroatoms. The third-order valence-corrected chi connectivity index (χ3v) is 6.73. The summed E-state index contributed by atoms with van der Waals surface area (Å²) in [5.41, 5.74) is 1.29. The molecule has 2 heterocycles. The second-order valence-electron chi connectivity index (χ2n) is 5.17. The Morgan fingerprint density at radius 3 is 2.68 bits per heavy atom. The minimum atomic E-state index is -0.452. The van der Waals surface area contributed by atoms with Crippen LogP contribution in [-0.4, -0.2) is 44.8 Å². The van der Waals surface area contributed by atoms with Gasteiger partial charge in [0.1, 0.15) is 4.88 Å². The molecule has 0 unspecified atom stereocenters. The van der Waals surface area contributed by atoms with Crippen molar-refractivity contribution < 1.29 is 14.3 Å². The highest BCUT2D eigenvalue weighted by Gasteiger charge is 2.21. The Labute approximate surface area is 178 Å². The van der Waals surface area contributed by atoms with E-state index in [4.69, 9.17) is 4.74 Å². The van der Waals surface area contributed by atoms with E-state index in [0.29, 0.717) is 20.9 Å². The molecule has 0 aliphatic heterocycles. The van der Waals surface area contributed by atoms with Crippen LogP contribution in [0.25, 0.3) is 11.3 Å². The first-order valence-corrected chi connectivity index (χ1v) is 11.9. The molecular formula is C17H16N4O3S4. The molecule has 1 amide bonds. The van der Waals surface area contributed by atoms with Crippen LogP contribution in [0, 0.1) is 0 Å². The van der Waals surface area contributed by atoms with Gasteiger partial charge in [0.25, 0.3) is 0 Å². The number of hydrogen-bond donors (Lipinski definition) is 1. The molecule has 3 rings (SSSR count). The Bertz CT molecular complexity index is 958. The van der Waals surface area contributed by atoms with Gasteiger partial charge in [0.15, 0.2) is 9.47 Å². The van der Waals surface area contributed by atoms with Crippen LogP contribution in [0.1, 0.15) is 16.6 Å². The average Bonchev–Trinajstić information content (AvgIpc) is 3.34. The van der Waals surface area contributed by atoms with E-state index in [-0.39, 0.29) is 18.3 Å². The van der Waals surface area contributed by atoms with E-state index in [1.165, 1.54) is 35.1 Å². The van der Waals surface area contributed by atoms with E-state index in [1.54, 1.807) is 6.92 Å². The van der Waals surface area contributed by atoms with Crippen LogP contribution >= 0.6 is 46.4 Å². The molecule has 0 fully saturated rings. The third kappa shape index (κ3) is 5.31. The third-order valence-electron chi connectivity index (χ3n) is 3.28. The van der Waals surface area contributed by atoms with Crippen LogP contribution in [0.3, 0.4) is 0 Å². The first-order chi connectivity index (χ1) is 13.6. The van der Waals surface area contributed by atoms with E-state index < -0.39 is 5.97 Å². The van der Waals surface area contributed by atoms with Gasteiger partial charge in [-0.2, -0.15) is 4.37 Å². The number of anilines is 1. The average molecular weight is 453 g/mol. The Morgan fingerprint density at radius 1 is 1.21 bits per heavy atom. The van der Waals surface area contributed by atoms with Crippen molar-refractivity contribution in [3.8, 4) is 11.3 Å². The summed E-state index contributed by atoms with van der Waals surface area (Å²) in [6.07, 6.45) is 1.90.